The summed E-state index contributed by atoms with van der Waals surface area (Å²) in [5, 5.41) is 5.71. The van der Waals surface area contributed by atoms with Crippen molar-refractivity contribution in [1.29, 1.82) is 0 Å². The fourth-order valence-electron chi connectivity index (χ4n) is 2.97. The Balaban J connectivity index is 1.68. The van der Waals surface area contributed by atoms with Gasteiger partial charge in [0.1, 0.15) is 5.75 Å². The van der Waals surface area contributed by atoms with Gasteiger partial charge in [-0.2, -0.15) is 0 Å². The molecule has 1 aliphatic rings. The molecule has 0 saturated heterocycles. The van der Waals surface area contributed by atoms with Crippen molar-refractivity contribution in [2.45, 2.75) is 52.1 Å². The maximum Gasteiger partial charge on any atom is 0.260 e. The molecule has 138 valence electrons. The number of carbonyl (C=O) groups is 2. The average molecular weight is 411 g/mol. The fourth-order valence-corrected chi connectivity index (χ4v) is 3.56. The normalized spacial score (nSPS) is 16.1. The molecule has 2 N–H and O–H groups in total. The molecule has 2 amide bonds. The number of benzene rings is 1. The topological polar surface area (TPSA) is 67.4 Å². The maximum atomic E-state index is 12.1. The van der Waals surface area contributed by atoms with E-state index in [1.165, 1.54) is 6.42 Å². The largest absolute Gasteiger partial charge is 0.480 e. The van der Waals surface area contributed by atoms with Gasteiger partial charge in [-0.15, -0.1) is 0 Å². The number of hydrogen-bond acceptors (Lipinski definition) is 3. The van der Waals surface area contributed by atoms with E-state index in [1.807, 2.05) is 25.1 Å². The van der Waals surface area contributed by atoms with E-state index in [1.54, 1.807) is 6.92 Å². The highest BCUT2D eigenvalue weighted by molar-refractivity contribution is 9.10. The van der Waals surface area contributed by atoms with Crippen LogP contribution in [-0.2, 0) is 9.59 Å². The highest BCUT2D eigenvalue weighted by atomic mass is 79.9. The number of rotatable bonds is 7. The van der Waals surface area contributed by atoms with Crippen LogP contribution in [0, 0.1) is 12.8 Å². The predicted octanol–water partition coefficient (Wildman–Crippen LogP) is 3.34. The Bertz CT molecular complexity index is 600. The second-order valence-electron chi connectivity index (χ2n) is 6.61. The van der Waals surface area contributed by atoms with Gasteiger partial charge in [0.2, 0.25) is 5.91 Å². The molecular formula is C19H27BrN2O3. The first-order valence-electron chi connectivity index (χ1n) is 8.95. The summed E-state index contributed by atoms with van der Waals surface area (Å²) in [4.78, 5) is 24.1. The molecule has 1 saturated carbocycles. The van der Waals surface area contributed by atoms with Crippen molar-refractivity contribution in [3.63, 3.8) is 0 Å². The minimum Gasteiger partial charge on any atom is -0.480 e. The quantitative estimate of drug-likeness (QED) is 0.677. The first-order valence-corrected chi connectivity index (χ1v) is 9.75. The molecule has 5 nitrogen and oxygen atoms in total. The van der Waals surface area contributed by atoms with E-state index in [9.17, 15) is 9.59 Å². The highest BCUT2D eigenvalue weighted by Gasteiger charge is 2.20. The maximum absolute atomic E-state index is 12.1. The van der Waals surface area contributed by atoms with Gasteiger partial charge in [0.15, 0.2) is 6.10 Å². The van der Waals surface area contributed by atoms with Gasteiger partial charge in [0.05, 0.1) is 4.47 Å². The van der Waals surface area contributed by atoms with E-state index in [2.05, 4.69) is 26.6 Å². The first kappa shape index (κ1) is 19.8. The molecule has 0 heterocycles. The van der Waals surface area contributed by atoms with Crippen molar-refractivity contribution < 1.29 is 14.3 Å². The lowest BCUT2D eigenvalue weighted by Crippen LogP contribution is -2.42. The smallest absolute Gasteiger partial charge is 0.260 e. The van der Waals surface area contributed by atoms with Crippen LogP contribution in [0.1, 0.15) is 44.6 Å². The van der Waals surface area contributed by atoms with Crippen molar-refractivity contribution in [1.82, 2.24) is 10.6 Å². The predicted molar refractivity (Wildman–Crippen MR) is 102 cm³/mol. The molecular weight excluding hydrogens is 384 g/mol. The lowest BCUT2D eigenvalue weighted by Gasteiger charge is -2.21. The van der Waals surface area contributed by atoms with Crippen LogP contribution in [0.15, 0.2) is 22.7 Å². The standard InChI is InChI=1S/C19H27BrN2O3/c1-13-8-9-17(16(20)12-13)25-14(2)18(23)21-10-11-22-19(24)15-6-4-3-5-7-15/h8-9,12,14-15H,3-7,10-11H2,1-2H3,(H,21,23)(H,22,24). The lowest BCUT2D eigenvalue weighted by molar-refractivity contribution is -0.128. The molecule has 0 aliphatic heterocycles. The molecule has 1 fully saturated rings. The number of carbonyl (C=O) groups excluding carboxylic acids is 2. The Labute approximate surface area is 158 Å². The molecule has 1 unspecified atom stereocenters. The molecule has 0 radical (unpaired) electrons. The van der Waals surface area contributed by atoms with E-state index in [0.717, 1.165) is 35.7 Å². The van der Waals surface area contributed by atoms with Crippen LogP contribution in [0.25, 0.3) is 0 Å². The Hall–Kier alpha value is -1.56. The van der Waals surface area contributed by atoms with Crippen molar-refractivity contribution in [3.05, 3.63) is 28.2 Å². The number of ether oxygens (including phenoxy) is 1. The number of nitrogens with one attached hydrogen (secondary N) is 2. The summed E-state index contributed by atoms with van der Waals surface area (Å²) in [6.45, 7) is 4.55. The van der Waals surface area contributed by atoms with Crippen molar-refractivity contribution in [3.8, 4) is 5.75 Å². The summed E-state index contributed by atoms with van der Waals surface area (Å²) in [7, 11) is 0. The van der Waals surface area contributed by atoms with Crippen LogP contribution in [0.3, 0.4) is 0 Å². The fraction of sp³-hybridized carbons (Fsp3) is 0.579. The van der Waals surface area contributed by atoms with Crippen molar-refractivity contribution >= 4 is 27.7 Å². The molecule has 1 aromatic rings. The summed E-state index contributed by atoms with van der Waals surface area (Å²) in [5.41, 5.74) is 1.12. The first-order chi connectivity index (χ1) is 12.0. The third kappa shape index (κ3) is 6.34. The number of hydrogen-bond donors (Lipinski definition) is 2. The zero-order valence-electron chi connectivity index (χ0n) is 14.9. The van der Waals surface area contributed by atoms with E-state index in [-0.39, 0.29) is 17.7 Å². The van der Waals surface area contributed by atoms with Gasteiger partial charge in [-0.25, -0.2) is 0 Å². The third-order valence-electron chi connectivity index (χ3n) is 4.46. The molecule has 0 spiro atoms. The van der Waals surface area contributed by atoms with Gasteiger partial charge < -0.3 is 15.4 Å². The van der Waals surface area contributed by atoms with E-state index >= 15 is 0 Å². The van der Waals surface area contributed by atoms with Crippen LogP contribution >= 0.6 is 15.9 Å². The van der Waals surface area contributed by atoms with Gasteiger partial charge >= 0.3 is 0 Å². The second-order valence-corrected chi connectivity index (χ2v) is 7.47. The Morgan fingerprint density at radius 3 is 2.56 bits per heavy atom. The Morgan fingerprint density at radius 2 is 1.88 bits per heavy atom. The number of amides is 2. The van der Waals surface area contributed by atoms with Crippen molar-refractivity contribution in [2.24, 2.45) is 5.92 Å². The van der Waals surface area contributed by atoms with Gasteiger partial charge in [0, 0.05) is 19.0 Å². The van der Waals surface area contributed by atoms with Crippen LogP contribution in [0.2, 0.25) is 0 Å². The molecule has 2 rings (SSSR count). The van der Waals surface area contributed by atoms with Crippen LogP contribution in [0.5, 0.6) is 5.75 Å². The van der Waals surface area contributed by atoms with E-state index in [4.69, 9.17) is 4.74 Å². The van der Waals surface area contributed by atoms with Crippen molar-refractivity contribution in [2.75, 3.05) is 13.1 Å². The molecule has 1 aliphatic carbocycles. The number of aryl methyl sites for hydroxylation is 1. The Kier molecular flexibility index (Phi) is 7.75. The minimum absolute atomic E-state index is 0.113. The summed E-state index contributed by atoms with van der Waals surface area (Å²) < 4.78 is 6.51. The lowest BCUT2D eigenvalue weighted by atomic mass is 9.89. The monoisotopic (exact) mass is 410 g/mol. The van der Waals surface area contributed by atoms with Crippen LogP contribution in [0.4, 0.5) is 0 Å². The molecule has 1 aromatic carbocycles. The van der Waals surface area contributed by atoms with Crippen LogP contribution in [-0.4, -0.2) is 31.0 Å². The molecule has 6 heteroatoms. The summed E-state index contributed by atoms with van der Waals surface area (Å²) in [5.74, 6) is 0.700. The zero-order chi connectivity index (χ0) is 18.2. The average Bonchev–Trinajstić information content (AvgIpc) is 2.61. The molecule has 25 heavy (non-hydrogen) atoms. The molecule has 1 atom stereocenters. The van der Waals surface area contributed by atoms with Gasteiger partial charge in [0.25, 0.3) is 5.91 Å². The zero-order valence-corrected chi connectivity index (χ0v) is 16.5. The third-order valence-corrected chi connectivity index (χ3v) is 5.08. The van der Waals surface area contributed by atoms with Crippen LogP contribution < -0.4 is 15.4 Å². The van der Waals surface area contributed by atoms with Gasteiger partial charge in [-0.05, 0) is 60.3 Å². The number of halogens is 1. The Morgan fingerprint density at radius 1 is 1.20 bits per heavy atom. The minimum atomic E-state index is -0.604. The molecule has 0 aromatic heterocycles. The summed E-state index contributed by atoms with van der Waals surface area (Å²) in [6.07, 6.45) is 4.86. The van der Waals surface area contributed by atoms with E-state index < -0.39 is 6.10 Å². The van der Waals surface area contributed by atoms with E-state index in [0.29, 0.717) is 18.8 Å². The highest BCUT2D eigenvalue weighted by Crippen LogP contribution is 2.26. The summed E-state index contributed by atoms with van der Waals surface area (Å²) in [6, 6.07) is 5.72. The SMILES string of the molecule is Cc1ccc(OC(C)C(=O)NCCNC(=O)C2CCCCC2)c(Br)c1. The van der Waals surface area contributed by atoms with Gasteiger partial charge in [-0.3, -0.25) is 9.59 Å². The second kappa shape index (κ2) is 9.80. The van der Waals surface area contributed by atoms with Gasteiger partial charge in [-0.1, -0.05) is 25.3 Å². The summed E-state index contributed by atoms with van der Waals surface area (Å²) >= 11 is 3.44. The molecule has 0 bridgehead atoms.